The molecule has 1 aromatic heterocycles. The summed E-state index contributed by atoms with van der Waals surface area (Å²) >= 11 is 1.65. The van der Waals surface area contributed by atoms with Crippen LogP contribution < -0.4 is 16.0 Å². The minimum Gasteiger partial charge on any atom is -0.357 e. The van der Waals surface area contributed by atoms with E-state index in [1.54, 1.807) is 11.3 Å². The van der Waals surface area contributed by atoms with Crippen molar-refractivity contribution in [3.05, 3.63) is 16.1 Å². The van der Waals surface area contributed by atoms with Crippen LogP contribution in [0.4, 0.5) is 0 Å². The zero-order valence-electron chi connectivity index (χ0n) is 13.6. The molecule has 0 atom stereocenters. The Kier molecular flexibility index (Phi) is 11.2. The van der Waals surface area contributed by atoms with Crippen LogP contribution in [0.1, 0.15) is 30.7 Å². The predicted molar refractivity (Wildman–Crippen MR) is 103 cm³/mol. The summed E-state index contributed by atoms with van der Waals surface area (Å²) < 4.78 is 0. The van der Waals surface area contributed by atoms with Crippen molar-refractivity contribution in [1.82, 2.24) is 20.9 Å². The lowest BCUT2D eigenvalue weighted by Gasteiger charge is -2.12. The number of hydrogen-bond donors (Lipinski definition) is 3. The standard InChI is InChI=1S/C14H25N5OS.HI/c1-5-15-14(17-7-6-16-13(20)10(2)3)19-9-12-18-8-11(4)21-12;/h8,10H,5-7,9H2,1-4H3,(H,16,20)(H2,15,17,19);1H. The molecule has 0 fully saturated rings. The quantitative estimate of drug-likeness (QED) is 0.263. The fraction of sp³-hybridized carbons (Fsp3) is 0.643. The molecule has 0 aliphatic rings. The van der Waals surface area contributed by atoms with Crippen molar-refractivity contribution in [2.75, 3.05) is 19.6 Å². The number of thiazole rings is 1. The Bertz CT molecular complexity index is 476. The van der Waals surface area contributed by atoms with Gasteiger partial charge in [-0.1, -0.05) is 13.8 Å². The highest BCUT2D eigenvalue weighted by atomic mass is 127. The lowest BCUT2D eigenvalue weighted by atomic mass is 10.2. The maximum absolute atomic E-state index is 11.4. The average Bonchev–Trinajstić information content (AvgIpc) is 2.86. The number of halogens is 1. The van der Waals surface area contributed by atoms with Gasteiger partial charge in [0.1, 0.15) is 5.01 Å². The van der Waals surface area contributed by atoms with Gasteiger partial charge in [0.15, 0.2) is 5.96 Å². The molecule has 126 valence electrons. The van der Waals surface area contributed by atoms with E-state index in [9.17, 15) is 4.79 Å². The summed E-state index contributed by atoms with van der Waals surface area (Å²) in [5, 5.41) is 10.2. The molecule has 0 bridgehead atoms. The summed E-state index contributed by atoms with van der Waals surface area (Å²) in [7, 11) is 0. The van der Waals surface area contributed by atoms with Crippen molar-refractivity contribution in [3.63, 3.8) is 0 Å². The van der Waals surface area contributed by atoms with Crippen LogP contribution in [-0.4, -0.2) is 36.5 Å². The Morgan fingerprint density at radius 3 is 2.55 bits per heavy atom. The van der Waals surface area contributed by atoms with Gasteiger partial charge in [0.05, 0.1) is 6.54 Å². The number of nitrogens with zero attached hydrogens (tertiary/aromatic N) is 2. The largest absolute Gasteiger partial charge is 0.357 e. The first kappa shape index (κ1) is 21.1. The SMILES string of the molecule is CCNC(=NCc1ncc(C)s1)NCCNC(=O)C(C)C.I. The molecule has 0 unspecified atom stereocenters. The van der Waals surface area contributed by atoms with Gasteiger partial charge < -0.3 is 16.0 Å². The monoisotopic (exact) mass is 439 g/mol. The molecular weight excluding hydrogens is 413 g/mol. The van der Waals surface area contributed by atoms with Gasteiger partial charge in [-0.3, -0.25) is 4.79 Å². The highest BCUT2D eigenvalue weighted by Crippen LogP contribution is 2.11. The second-order valence-corrected chi connectivity index (χ2v) is 6.25. The van der Waals surface area contributed by atoms with E-state index in [1.807, 2.05) is 33.9 Å². The van der Waals surface area contributed by atoms with Gasteiger partial charge in [0.25, 0.3) is 0 Å². The van der Waals surface area contributed by atoms with Crippen LogP contribution >= 0.6 is 35.3 Å². The number of nitrogens with one attached hydrogen (secondary N) is 3. The summed E-state index contributed by atoms with van der Waals surface area (Å²) in [6, 6.07) is 0. The first-order valence-corrected chi connectivity index (χ1v) is 8.05. The van der Waals surface area contributed by atoms with E-state index < -0.39 is 0 Å². The van der Waals surface area contributed by atoms with E-state index >= 15 is 0 Å². The van der Waals surface area contributed by atoms with Gasteiger partial charge in [-0.2, -0.15) is 0 Å². The highest BCUT2D eigenvalue weighted by Gasteiger charge is 2.05. The third-order valence-electron chi connectivity index (χ3n) is 2.63. The number of aromatic nitrogens is 1. The molecule has 8 heteroatoms. The van der Waals surface area contributed by atoms with Gasteiger partial charge in [0.2, 0.25) is 5.91 Å². The van der Waals surface area contributed by atoms with E-state index in [0.717, 1.165) is 17.5 Å². The van der Waals surface area contributed by atoms with E-state index in [-0.39, 0.29) is 35.8 Å². The third-order valence-corrected chi connectivity index (χ3v) is 3.52. The van der Waals surface area contributed by atoms with E-state index in [2.05, 4.69) is 25.9 Å². The van der Waals surface area contributed by atoms with E-state index in [1.165, 1.54) is 4.88 Å². The molecule has 6 nitrogen and oxygen atoms in total. The fourth-order valence-corrected chi connectivity index (χ4v) is 2.25. The van der Waals surface area contributed by atoms with Crippen molar-refractivity contribution in [2.45, 2.75) is 34.2 Å². The minimum absolute atomic E-state index is 0. The van der Waals surface area contributed by atoms with Crippen molar-refractivity contribution >= 4 is 47.2 Å². The highest BCUT2D eigenvalue weighted by molar-refractivity contribution is 14.0. The zero-order valence-corrected chi connectivity index (χ0v) is 16.7. The molecular formula is C14H26IN5OS. The van der Waals surface area contributed by atoms with Crippen molar-refractivity contribution in [3.8, 4) is 0 Å². The van der Waals surface area contributed by atoms with Crippen LogP contribution in [0.25, 0.3) is 0 Å². The number of carbonyl (C=O) groups is 1. The molecule has 0 radical (unpaired) electrons. The summed E-state index contributed by atoms with van der Waals surface area (Å²) in [6.07, 6.45) is 1.86. The third kappa shape index (κ3) is 8.52. The Morgan fingerprint density at radius 1 is 1.32 bits per heavy atom. The summed E-state index contributed by atoms with van der Waals surface area (Å²) in [5.74, 6) is 0.821. The minimum atomic E-state index is 0. The van der Waals surface area contributed by atoms with Crippen LogP contribution in [0.5, 0.6) is 0 Å². The van der Waals surface area contributed by atoms with Crippen molar-refractivity contribution < 1.29 is 4.79 Å². The number of amides is 1. The molecule has 22 heavy (non-hydrogen) atoms. The first-order chi connectivity index (χ1) is 10.0. The molecule has 3 N–H and O–H groups in total. The molecule has 1 rings (SSSR count). The Morgan fingerprint density at radius 2 is 2.00 bits per heavy atom. The number of aryl methyl sites for hydroxylation is 1. The molecule has 0 aliphatic heterocycles. The maximum atomic E-state index is 11.4. The second kappa shape index (κ2) is 11.6. The molecule has 0 aromatic carbocycles. The molecule has 1 amide bonds. The Hall–Kier alpha value is -0.900. The molecule has 0 aliphatic carbocycles. The fourth-order valence-electron chi connectivity index (χ4n) is 1.53. The Labute approximate surface area is 153 Å². The van der Waals surface area contributed by atoms with Gasteiger partial charge in [-0.25, -0.2) is 9.98 Å². The van der Waals surface area contributed by atoms with Crippen molar-refractivity contribution in [1.29, 1.82) is 0 Å². The number of carbonyl (C=O) groups excluding carboxylic acids is 1. The predicted octanol–water partition coefficient (Wildman–Crippen LogP) is 1.90. The van der Waals surface area contributed by atoms with Crippen LogP contribution in [-0.2, 0) is 11.3 Å². The van der Waals surface area contributed by atoms with Crippen LogP contribution in [0.15, 0.2) is 11.2 Å². The Balaban J connectivity index is 0.00000441. The molecule has 0 saturated heterocycles. The molecule has 0 saturated carbocycles. The lowest BCUT2D eigenvalue weighted by molar-refractivity contribution is -0.123. The van der Waals surface area contributed by atoms with Crippen LogP contribution in [0, 0.1) is 12.8 Å². The smallest absolute Gasteiger partial charge is 0.222 e. The van der Waals surface area contributed by atoms with Crippen LogP contribution in [0.2, 0.25) is 0 Å². The number of rotatable bonds is 7. The van der Waals surface area contributed by atoms with Gasteiger partial charge in [-0.15, -0.1) is 35.3 Å². The average molecular weight is 439 g/mol. The van der Waals surface area contributed by atoms with E-state index in [0.29, 0.717) is 19.6 Å². The zero-order chi connectivity index (χ0) is 15.7. The number of guanidine groups is 1. The number of hydrogen-bond acceptors (Lipinski definition) is 4. The normalized spacial score (nSPS) is 11.0. The van der Waals surface area contributed by atoms with Crippen LogP contribution in [0.3, 0.4) is 0 Å². The summed E-state index contributed by atoms with van der Waals surface area (Å²) in [5.41, 5.74) is 0. The summed E-state index contributed by atoms with van der Waals surface area (Å²) in [6.45, 7) is 10.4. The molecule has 1 aromatic rings. The second-order valence-electron chi connectivity index (χ2n) is 4.93. The summed E-state index contributed by atoms with van der Waals surface area (Å²) in [4.78, 5) is 21.4. The van der Waals surface area contributed by atoms with Gasteiger partial charge in [-0.05, 0) is 13.8 Å². The van der Waals surface area contributed by atoms with Crippen molar-refractivity contribution in [2.24, 2.45) is 10.9 Å². The maximum Gasteiger partial charge on any atom is 0.222 e. The molecule has 1 heterocycles. The lowest BCUT2D eigenvalue weighted by Crippen LogP contribution is -2.42. The topological polar surface area (TPSA) is 78.4 Å². The number of aliphatic imine (C=N–C) groups is 1. The van der Waals surface area contributed by atoms with Gasteiger partial charge in [0, 0.05) is 36.6 Å². The molecule has 0 spiro atoms. The first-order valence-electron chi connectivity index (χ1n) is 7.24. The van der Waals surface area contributed by atoms with Gasteiger partial charge >= 0.3 is 0 Å². The van der Waals surface area contributed by atoms with E-state index in [4.69, 9.17) is 0 Å².